The van der Waals surface area contributed by atoms with Gasteiger partial charge in [0.2, 0.25) is 23.0 Å². The van der Waals surface area contributed by atoms with Gasteiger partial charge in [0, 0.05) is 19.5 Å². The lowest BCUT2D eigenvalue weighted by atomic mass is 9.95. The van der Waals surface area contributed by atoms with E-state index in [4.69, 9.17) is 14.2 Å². The topological polar surface area (TPSA) is 133 Å². The predicted octanol–water partition coefficient (Wildman–Crippen LogP) is 3.65. The van der Waals surface area contributed by atoms with E-state index in [0.29, 0.717) is 52.6 Å². The molecule has 218 valence electrons. The van der Waals surface area contributed by atoms with Gasteiger partial charge in [-0.1, -0.05) is 6.07 Å². The van der Waals surface area contributed by atoms with E-state index in [0.717, 1.165) is 16.8 Å². The van der Waals surface area contributed by atoms with E-state index in [-0.39, 0.29) is 22.9 Å². The molecule has 11 nitrogen and oxygen atoms in total. The minimum Gasteiger partial charge on any atom is -0.493 e. The number of hydrogen-bond acceptors (Lipinski definition) is 8. The molecule has 3 N–H and O–H groups in total. The van der Waals surface area contributed by atoms with E-state index >= 15 is 0 Å². The van der Waals surface area contributed by atoms with Crippen molar-refractivity contribution in [2.45, 2.75) is 52.6 Å². The Morgan fingerprint density at radius 1 is 1.07 bits per heavy atom. The highest BCUT2D eigenvalue weighted by molar-refractivity contribution is 5.97. The van der Waals surface area contributed by atoms with Gasteiger partial charge in [0.25, 0.3) is 0 Å². The number of fused-ring (bicyclic) bond motifs is 3. The second-order valence-corrected chi connectivity index (χ2v) is 10.1. The van der Waals surface area contributed by atoms with Crippen LogP contribution in [0.1, 0.15) is 48.8 Å². The van der Waals surface area contributed by atoms with Gasteiger partial charge in [-0.05, 0) is 68.5 Å². The van der Waals surface area contributed by atoms with Crippen molar-refractivity contribution in [2.24, 2.45) is 7.05 Å². The summed E-state index contributed by atoms with van der Waals surface area (Å²) < 4.78 is 18.7. The smallest absolute Gasteiger partial charge is 0.246 e. The van der Waals surface area contributed by atoms with Crippen molar-refractivity contribution in [1.82, 2.24) is 15.1 Å². The molecule has 41 heavy (non-hydrogen) atoms. The zero-order valence-electron chi connectivity index (χ0n) is 24.7. The highest BCUT2D eigenvalue weighted by Gasteiger charge is 2.29. The Balaban J connectivity index is 1.81. The maximum atomic E-state index is 13.6. The van der Waals surface area contributed by atoms with Crippen molar-refractivity contribution < 1.29 is 23.8 Å². The summed E-state index contributed by atoms with van der Waals surface area (Å²) >= 11 is 0. The fourth-order valence-corrected chi connectivity index (χ4v) is 5.31. The van der Waals surface area contributed by atoms with Gasteiger partial charge in [0.15, 0.2) is 11.5 Å². The van der Waals surface area contributed by atoms with Crippen LogP contribution in [0.25, 0.3) is 11.1 Å². The standard InChI is InChI=1S/C30H37N5O6/c1-15-27(17(3)35(5)34-15)33-30(38)16(2)31-23-12-10-20-21(14-24(23)37)22(32-18(4)36)11-9-19-13-25(39-6)28(40-7)29(41-8)26(19)20/h10,12-14,16,22H,9,11H2,1-8H3,(H,31,37)(H,32,36)(H,33,38)/t16-,22-/m1/s1. The molecule has 11 heteroatoms. The van der Waals surface area contributed by atoms with Gasteiger partial charge in [0.1, 0.15) is 6.04 Å². The number of methoxy groups -OCH3 is 3. The van der Waals surface area contributed by atoms with E-state index in [9.17, 15) is 14.4 Å². The highest BCUT2D eigenvalue weighted by Crippen LogP contribution is 2.50. The number of carbonyl (C=O) groups is 2. The number of hydrogen-bond donors (Lipinski definition) is 3. The van der Waals surface area contributed by atoms with Gasteiger partial charge < -0.3 is 30.2 Å². The summed E-state index contributed by atoms with van der Waals surface area (Å²) in [5, 5.41) is 13.3. The van der Waals surface area contributed by atoms with Crippen molar-refractivity contribution in [3.63, 3.8) is 0 Å². The largest absolute Gasteiger partial charge is 0.493 e. The van der Waals surface area contributed by atoms with Crippen LogP contribution in [0.2, 0.25) is 0 Å². The normalized spacial score (nSPS) is 14.6. The van der Waals surface area contributed by atoms with Gasteiger partial charge in [0.05, 0.1) is 50.1 Å². The number of benzene rings is 1. The second-order valence-electron chi connectivity index (χ2n) is 10.1. The van der Waals surface area contributed by atoms with Crippen molar-refractivity contribution in [3.8, 4) is 28.4 Å². The molecule has 1 aliphatic rings. The monoisotopic (exact) mass is 563 g/mol. The molecule has 0 saturated carbocycles. The summed E-state index contributed by atoms with van der Waals surface area (Å²) in [5.41, 5.74) is 5.12. The van der Waals surface area contributed by atoms with E-state index in [1.54, 1.807) is 31.9 Å². The van der Waals surface area contributed by atoms with Crippen LogP contribution in [0.15, 0.2) is 29.1 Å². The number of aromatic nitrogens is 2. The van der Waals surface area contributed by atoms with Gasteiger partial charge >= 0.3 is 0 Å². The number of amides is 2. The number of nitrogens with one attached hydrogen (secondary N) is 3. The molecule has 1 aromatic heterocycles. The maximum absolute atomic E-state index is 13.6. The third-order valence-corrected chi connectivity index (χ3v) is 7.44. The molecule has 0 unspecified atom stereocenters. The highest BCUT2D eigenvalue weighted by atomic mass is 16.5. The average molecular weight is 564 g/mol. The second kappa shape index (κ2) is 11.9. The number of nitrogens with zero attached hydrogens (tertiary/aromatic N) is 2. The zero-order valence-corrected chi connectivity index (χ0v) is 24.7. The lowest BCUT2D eigenvalue weighted by Gasteiger charge is -2.19. The summed E-state index contributed by atoms with van der Waals surface area (Å²) in [4.78, 5) is 38.8. The zero-order chi connectivity index (χ0) is 30.0. The number of carbonyl (C=O) groups excluding carboxylic acids is 2. The Kier molecular flexibility index (Phi) is 8.55. The van der Waals surface area contributed by atoms with Crippen LogP contribution >= 0.6 is 0 Å². The molecule has 2 aromatic carbocycles. The predicted molar refractivity (Wildman–Crippen MR) is 157 cm³/mol. The van der Waals surface area contributed by atoms with Crippen molar-refractivity contribution in [2.75, 3.05) is 32.0 Å². The molecule has 0 bridgehead atoms. The van der Waals surface area contributed by atoms with Crippen LogP contribution in [0.3, 0.4) is 0 Å². The SMILES string of the molecule is COc1cc2c(c(OC)c1OC)-c1ccc(N[C@H](C)C(=O)Nc3c(C)nn(C)c3C)c(=O)cc1[C@H](NC(C)=O)CC2. The summed E-state index contributed by atoms with van der Waals surface area (Å²) in [7, 11) is 6.46. The molecule has 0 saturated heterocycles. The lowest BCUT2D eigenvalue weighted by molar-refractivity contribution is -0.119. The first-order valence-corrected chi connectivity index (χ1v) is 13.4. The number of ether oxygens (including phenoxy) is 3. The Labute approximate surface area is 239 Å². The number of rotatable bonds is 8. The summed E-state index contributed by atoms with van der Waals surface area (Å²) in [6, 6.07) is 5.72. The van der Waals surface area contributed by atoms with Crippen molar-refractivity contribution in [1.29, 1.82) is 0 Å². The Hall–Kier alpha value is -4.54. The third-order valence-electron chi connectivity index (χ3n) is 7.44. The van der Waals surface area contributed by atoms with Crippen LogP contribution in [-0.4, -0.2) is 49.0 Å². The third kappa shape index (κ3) is 5.70. The molecule has 2 amide bonds. The molecule has 4 rings (SSSR count). The molecule has 2 atom stereocenters. The van der Waals surface area contributed by atoms with Crippen LogP contribution in [0.5, 0.6) is 17.2 Å². The summed E-state index contributed by atoms with van der Waals surface area (Å²) in [5.74, 6) is 0.897. The van der Waals surface area contributed by atoms with Crippen LogP contribution in [0, 0.1) is 13.8 Å². The first-order chi connectivity index (χ1) is 19.5. The number of anilines is 2. The minimum absolute atomic E-state index is 0.211. The molecule has 0 fully saturated rings. The fourth-order valence-electron chi connectivity index (χ4n) is 5.31. The van der Waals surface area contributed by atoms with E-state index in [1.165, 1.54) is 20.1 Å². The van der Waals surface area contributed by atoms with Crippen LogP contribution in [0.4, 0.5) is 11.4 Å². The summed E-state index contributed by atoms with van der Waals surface area (Å²) in [6.45, 7) is 6.83. The van der Waals surface area contributed by atoms with E-state index in [1.807, 2.05) is 33.0 Å². The van der Waals surface area contributed by atoms with Crippen molar-refractivity contribution >= 4 is 23.2 Å². The van der Waals surface area contributed by atoms with Gasteiger partial charge in [-0.15, -0.1) is 0 Å². The van der Waals surface area contributed by atoms with E-state index in [2.05, 4.69) is 21.0 Å². The van der Waals surface area contributed by atoms with Gasteiger partial charge in [-0.25, -0.2) is 0 Å². The quantitative estimate of drug-likeness (QED) is 0.378. The summed E-state index contributed by atoms with van der Waals surface area (Å²) in [6.07, 6.45) is 1.14. The van der Waals surface area contributed by atoms with Gasteiger partial charge in [-0.3, -0.25) is 19.1 Å². The first-order valence-electron chi connectivity index (χ1n) is 13.4. The Bertz CT molecular complexity index is 1560. The molecule has 1 aliphatic carbocycles. The van der Waals surface area contributed by atoms with E-state index < -0.39 is 12.1 Å². The average Bonchev–Trinajstić information content (AvgIpc) is 3.04. The minimum atomic E-state index is -0.735. The van der Waals surface area contributed by atoms with Crippen LogP contribution in [-0.2, 0) is 23.1 Å². The molecular formula is C30H37N5O6. The molecule has 0 spiro atoms. The molecular weight excluding hydrogens is 526 g/mol. The van der Waals surface area contributed by atoms with Crippen molar-refractivity contribution in [3.05, 3.63) is 57.0 Å². The first kappa shape index (κ1) is 29.4. The lowest BCUT2D eigenvalue weighted by Crippen LogP contribution is -2.33. The Morgan fingerprint density at radius 3 is 2.37 bits per heavy atom. The molecule has 0 radical (unpaired) electrons. The molecule has 0 aliphatic heterocycles. The fraction of sp³-hybridized carbons (Fsp3) is 0.400. The maximum Gasteiger partial charge on any atom is 0.246 e. The molecule has 1 heterocycles. The molecule has 3 aromatic rings. The van der Waals surface area contributed by atoms with Crippen LogP contribution < -0.4 is 35.6 Å². The van der Waals surface area contributed by atoms with Gasteiger partial charge in [-0.2, -0.15) is 5.10 Å². The Morgan fingerprint density at radius 2 is 1.78 bits per heavy atom. The number of aryl methyl sites for hydroxylation is 3.